The minimum atomic E-state index is -0.0815. The number of hydrogen-bond acceptors (Lipinski definition) is 3. The van der Waals surface area contributed by atoms with Gasteiger partial charge in [-0.3, -0.25) is 9.78 Å². The highest BCUT2D eigenvalue weighted by Crippen LogP contribution is 2.17. The van der Waals surface area contributed by atoms with Gasteiger partial charge in [0.05, 0.1) is 5.52 Å². The van der Waals surface area contributed by atoms with Crippen LogP contribution in [0.5, 0.6) is 0 Å². The number of aromatic nitrogens is 1. The van der Waals surface area contributed by atoms with Crippen molar-refractivity contribution in [3.63, 3.8) is 0 Å². The molecule has 88 valence electrons. The molecule has 0 saturated carbocycles. The van der Waals surface area contributed by atoms with Crippen molar-refractivity contribution in [2.75, 3.05) is 6.54 Å². The van der Waals surface area contributed by atoms with E-state index in [1.54, 1.807) is 6.20 Å². The normalized spacial score (nSPS) is 12.6. The van der Waals surface area contributed by atoms with Crippen LogP contribution in [0.25, 0.3) is 10.9 Å². The average molecular weight is 228 g/mol. The fourth-order valence-corrected chi connectivity index (χ4v) is 1.80. The van der Waals surface area contributed by atoms with Gasteiger partial charge < -0.3 is 5.73 Å². The summed E-state index contributed by atoms with van der Waals surface area (Å²) in [5, 5.41) is 1.05. The van der Waals surface area contributed by atoms with Crippen molar-refractivity contribution in [2.24, 2.45) is 11.7 Å². The van der Waals surface area contributed by atoms with Crippen molar-refractivity contribution in [3.8, 4) is 0 Å². The Morgan fingerprint density at radius 3 is 2.88 bits per heavy atom. The third-order valence-corrected chi connectivity index (χ3v) is 3.01. The molecule has 0 aliphatic carbocycles. The number of para-hydroxylation sites is 1. The van der Waals surface area contributed by atoms with Crippen LogP contribution in [-0.2, 0) is 11.2 Å². The summed E-state index contributed by atoms with van der Waals surface area (Å²) in [4.78, 5) is 16.2. The van der Waals surface area contributed by atoms with Crippen LogP contribution in [0.2, 0.25) is 0 Å². The van der Waals surface area contributed by atoms with Gasteiger partial charge in [-0.2, -0.15) is 0 Å². The minimum absolute atomic E-state index is 0.0815. The Labute approximate surface area is 101 Å². The molecule has 0 saturated heterocycles. The number of benzene rings is 1. The van der Waals surface area contributed by atoms with Crippen LogP contribution in [0, 0.1) is 5.92 Å². The first-order valence-electron chi connectivity index (χ1n) is 5.77. The van der Waals surface area contributed by atoms with Crippen molar-refractivity contribution in [3.05, 3.63) is 42.1 Å². The van der Waals surface area contributed by atoms with Gasteiger partial charge in [-0.15, -0.1) is 0 Å². The molecule has 17 heavy (non-hydrogen) atoms. The standard InChI is InChI=1S/C14H16N2O/c1-10(9-15)14(17)8-11-6-7-16-13-5-3-2-4-12(11)13/h2-7,10H,8-9,15H2,1H3. The second kappa shape index (κ2) is 5.06. The lowest BCUT2D eigenvalue weighted by Gasteiger charge is -2.09. The predicted octanol–water partition coefficient (Wildman–Crippen LogP) is 1.94. The molecule has 0 aliphatic rings. The number of hydrogen-bond donors (Lipinski definition) is 1. The fourth-order valence-electron chi connectivity index (χ4n) is 1.80. The van der Waals surface area contributed by atoms with Crippen LogP contribution >= 0.6 is 0 Å². The Kier molecular flexibility index (Phi) is 3.49. The van der Waals surface area contributed by atoms with E-state index in [0.29, 0.717) is 13.0 Å². The van der Waals surface area contributed by atoms with Gasteiger partial charge in [-0.1, -0.05) is 25.1 Å². The largest absolute Gasteiger partial charge is 0.330 e. The van der Waals surface area contributed by atoms with Crippen molar-refractivity contribution in [2.45, 2.75) is 13.3 Å². The van der Waals surface area contributed by atoms with Crippen LogP contribution in [-0.4, -0.2) is 17.3 Å². The summed E-state index contributed by atoms with van der Waals surface area (Å²) >= 11 is 0. The summed E-state index contributed by atoms with van der Waals surface area (Å²) in [7, 11) is 0. The highest BCUT2D eigenvalue weighted by atomic mass is 16.1. The maximum atomic E-state index is 11.9. The van der Waals surface area contributed by atoms with Crippen molar-refractivity contribution in [1.82, 2.24) is 4.98 Å². The van der Waals surface area contributed by atoms with E-state index in [9.17, 15) is 4.79 Å². The SMILES string of the molecule is CC(CN)C(=O)Cc1ccnc2ccccc12. The van der Waals surface area contributed by atoms with E-state index in [-0.39, 0.29) is 11.7 Å². The van der Waals surface area contributed by atoms with E-state index < -0.39 is 0 Å². The summed E-state index contributed by atoms with van der Waals surface area (Å²) in [6, 6.07) is 9.77. The Morgan fingerprint density at radius 2 is 2.12 bits per heavy atom. The number of carbonyl (C=O) groups excluding carboxylic acids is 1. The highest BCUT2D eigenvalue weighted by Gasteiger charge is 2.13. The summed E-state index contributed by atoms with van der Waals surface area (Å²) in [5.41, 5.74) is 7.46. The van der Waals surface area contributed by atoms with Gasteiger partial charge in [-0.25, -0.2) is 0 Å². The molecule has 0 amide bonds. The first kappa shape index (κ1) is 11.7. The third-order valence-electron chi connectivity index (χ3n) is 3.01. The molecule has 2 aromatic rings. The molecule has 1 aromatic carbocycles. The van der Waals surface area contributed by atoms with Gasteiger partial charge in [0, 0.05) is 30.5 Å². The molecule has 3 nitrogen and oxygen atoms in total. The molecule has 1 atom stereocenters. The monoisotopic (exact) mass is 228 g/mol. The average Bonchev–Trinajstić information content (AvgIpc) is 2.38. The molecule has 0 bridgehead atoms. The van der Waals surface area contributed by atoms with E-state index in [1.807, 2.05) is 37.3 Å². The quantitative estimate of drug-likeness (QED) is 0.870. The van der Waals surface area contributed by atoms with Crippen LogP contribution in [0.3, 0.4) is 0 Å². The molecular formula is C14H16N2O. The smallest absolute Gasteiger partial charge is 0.141 e. The molecule has 0 fully saturated rings. The Hall–Kier alpha value is -1.74. The summed E-state index contributed by atoms with van der Waals surface area (Å²) < 4.78 is 0. The van der Waals surface area contributed by atoms with Gasteiger partial charge in [0.25, 0.3) is 0 Å². The zero-order chi connectivity index (χ0) is 12.3. The summed E-state index contributed by atoms with van der Waals surface area (Å²) in [6.07, 6.45) is 2.18. The van der Waals surface area contributed by atoms with Crippen LogP contribution in [0.15, 0.2) is 36.5 Å². The minimum Gasteiger partial charge on any atom is -0.330 e. The lowest BCUT2D eigenvalue weighted by Crippen LogP contribution is -2.22. The zero-order valence-electron chi connectivity index (χ0n) is 9.89. The number of pyridine rings is 1. The molecule has 3 heteroatoms. The Balaban J connectivity index is 2.33. The van der Waals surface area contributed by atoms with E-state index in [1.165, 1.54) is 0 Å². The first-order valence-corrected chi connectivity index (χ1v) is 5.77. The topological polar surface area (TPSA) is 56.0 Å². The van der Waals surface area contributed by atoms with Gasteiger partial charge in [0.15, 0.2) is 0 Å². The van der Waals surface area contributed by atoms with Crippen molar-refractivity contribution in [1.29, 1.82) is 0 Å². The van der Waals surface area contributed by atoms with Crippen molar-refractivity contribution < 1.29 is 4.79 Å². The molecule has 0 aliphatic heterocycles. The number of nitrogens with two attached hydrogens (primary N) is 1. The van der Waals surface area contributed by atoms with Crippen LogP contribution < -0.4 is 5.73 Å². The van der Waals surface area contributed by atoms with Gasteiger partial charge >= 0.3 is 0 Å². The summed E-state index contributed by atoms with van der Waals surface area (Å²) in [6.45, 7) is 2.27. The number of carbonyl (C=O) groups is 1. The molecular weight excluding hydrogens is 212 g/mol. The number of rotatable bonds is 4. The van der Waals surface area contributed by atoms with E-state index in [2.05, 4.69) is 4.98 Å². The zero-order valence-corrected chi connectivity index (χ0v) is 9.89. The fraction of sp³-hybridized carbons (Fsp3) is 0.286. The molecule has 0 spiro atoms. The summed E-state index contributed by atoms with van der Waals surface area (Å²) in [5.74, 6) is 0.103. The molecule has 2 rings (SSSR count). The molecule has 1 aromatic heterocycles. The predicted molar refractivity (Wildman–Crippen MR) is 68.7 cm³/mol. The van der Waals surface area contributed by atoms with Crippen LogP contribution in [0.4, 0.5) is 0 Å². The second-order valence-electron chi connectivity index (χ2n) is 4.27. The third kappa shape index (κ3) is 2.50. The van der Waals surface area contributed by atoms with E-state index in [4.69, 9.17) is 5.73 Å². The molecule has 1 unspecified atom stereocenters. The highest BCUT2D eigenvalue weighted by molar-refractivity contribution is 5.89. The molecule has 0 radical (unpaired) electrons. The van der Waals surface area contributed by atoms with Crippen molar-refractivity contribution >= 4 is 16.7 Å². The lowest BCUT2D eigenvalue weighted by atomic mass is 9.97. The van der Waals surface area contributed by atoms with Gasteiger partial charge in [0.1, 0.15) is 5.78 Å². The maximum absolute atomic E-state index is 11.9. The van der Waals surface area contributed by atoms with Gasteiger partial charge in [-0.05, 0) is 17.7 Å². The Morgan fingerprint density at radius 1 is 1.35 bits per heavy atom. The van der Waals surface area contributed by atoms with E-state index >= 15 is 0 Å². The number of nitrogens with zero attached hydrogens (tertiary/aromatic N) is 1. The lowest BCUT2D eigenvalue weighted by molar-refractivity contribution is -0.121. The number of Topliss-reactive ketones (excluding diaryl/α,β-unsaturated/α-hetero) is 1. The van der Waals surface area contributed by atoms with E-state index in [0.717, 1.165) is 16.5 Å². The molecule has 1 heterocycles. The van der Waals surface area contributed by atoms with Crippen LogP contribution in [0.1, 0.15) is 12.5 Å². The maximum Gasteiger partial charge on any atom is 0.141 e. The van der Waals surface area contributed by atoms with Gasteiger partial charge in [0.2, 0.25) is 0 Å². The number of ketones is 1. The second-order valence-corrected chi connectivity index (χ2v) is 4.27. The Bertz CT molecular complexity index is 531. The number of fused-ring (bicyclic) bond motifs is 1. The molecule has 2 N–H and O–H groups in total. The first-order chi connectivity index (χ1) is 8.22.